The average molecular weight is 263 g/mol. The number of benzene rings is 1. The Bertz CT molecular complexity index is 355. The van der Waals surface area contributed by atoms with Crippen LogP contribution in [0.25, 0.3) is 0 Å². The molecule has 1 aliphatic heterocycles. The molecule has 1 fully saturated rings. The van der Waals surface area contributed by atoms with Crippen LogP contribution in [0.1, 0.15) is 31.7 Å². The second-order valence-corrected chi connectivity index (χ2v) is 5.49. The number of hydrogen-bond donors (Lipinski definition) is 1. The molecule has 3 nitrogen and oxygen atoms in total. The molecule has 0 aromatic heterocycles. The molecule has 19 heavy (non-hydrogen) atoms. The van der Waals surface area contributed by atoms with E-state index in [0.29, 0.717) is 19.3 Å². The summed E-state index contributed by atoms with van der Waals surface area (Å²) in [5, 5.41) is 10.0. The van der Waals surface area contributed by atoms with Crippen molar-refractivity contribution in [2.45, 2.75) is 44.9 Å². The largest absolute Gasteiger partial charge is 0.389 e. The molecule has 0 unspecified atom stereocenters. The van der Waals surface area contributed by atoms with Crippen molar-refractivity contribution < 1.29 is 9.84 Å². The third kappa shape index (κ3) is 4.94. The standard InChI is InChI=1S/C16H25NO2/c1-14-7-5-6-10-17(14)11-16(18)13-19-12-15-8-3-2-4-9-15/h2-4,8-9,14,16,18H,5-7,10-13H2,1H3/t14-,16+/m1/s1. The fourth-order valence-electron chi connectivity index (χ4n) is 2.64. The first-order chi connectivity index (χ1) is 9.25. The molecule has 2 rings (SSSR count). The number of aliphatic hydroxyl groups is 1. The summed E-state index contributed by atoms with van der Waals surface area (Å²) in [5.41, 5.74) is 1.15. The zero-order valence-electron chi connectivity index (χ0n) is 11.8. The molecule has 0 spiro atoms. The van der Waals surface area contributed by atoms with Gasteiger partial charge in [-0.3, -0.25) is 4.90 Å². The number of rotatable bonds is 6. The molecule has 1 aromatic carbocycles. The number of β-amino-alcohol motifs (C(OH)–C–C–N with tert-alkyl or cyclic N) is 1. The molecule has 2 atom stereocenters. The molecule has 0 saturated carbocycles. The molecule has 1 aliphatic rings. The zero-order valence-corrected chi connectivity index (χ0v) is 11.8. The van der Waals surface area contributed by atoms with E-state index in [9.17, 15) is 5.11 Å². The van der Waals surface area contributed by atoms with Crippen molar-refractivity contribution in [3.63, 3.8) is 0 Å². The number of aliphatic hydroxyl groups excluding tert-OH is 1. The Morgan fingerprint density at radius 3 is 2.84 bits per heavy atom. The Morgan fingerprint density at radius 2 is 2.11 bits per heavy atom. The van der Waals surface area contributed by atoms with E-state index in [1.165, 1.54) is 19.3 Å². The number of likely N-dealkylation sites (tertiary alicyclic amines) is 1. The van der Waals surface area contributed by atoms with E-state index in [1.807, 2.05) is 30.3 Å². The summed E-state index contributed by atoms with van der Waals surface area (Å²) in [6.45, 7) is 5.08. The summed E-state index contributed by atoms with van der Waals surface area (Å²) in [5.74, 6) is 0. The van der Waals surface area contributed by atoms with Crippen molar-refractivity contribution in [3.05, 3.63) is 35.9 Å². The summed E-state index contributed by atoms with van der Waals surface area (Å²) >= 11 is 0. The van der Waals surface area contributed by atoms with Gasteiger partial charge in [-0.2, -0.15) is 0 Å². The number of piperidine rings is 1. The van der Waals surface area contributed by atoms with Gasteiger partial charge >= 0.3 is 0 Å². The van der Waals surface area contributed by atoms with Crippen molar-refractivity contribution in [1.82, 2.24) is 4.90 Å². The molecule has 1 aromatic rings. The highest BCUT2D eigenvalue weighted by Gasteiger charge is 2.20. The zero-order chi connectivity index (χ0) is 13.5. The third-order valence-electron chi connectivity index (χ3n) is 3.81. The van der Waals surface area contributed by atoms with Gasteiger partial charge in [-0.05, 0) is 31.9 Å². The van der Waals surface area contributed by atoms with E-state index >= 15 is 0 Å². The Morgan fingerprint density at radius 1 is 1.32 bits per heavy atom. The quantitative estimate of drug-likeness (QED) is 0.855. The lowest BCUT2D eigenvalue weighted by molar-refractivity contribution is -0.00139. The molecule has 1 N–H and O–H groups in total. The first-order valence-corrected chi connectivity index (χ1v) is 7.29. The van der Waals surface area contributed by atoms with Crippen LogP contribution in [0, 0.1) is 0 Å². The number of ether oxygens (including phenoxy) is 1. The van der Waals surface area contributed by atoms with E-state index < -0.39 is 0 Å². The minimum absolute atomic E-state index is 0.385. The van der Waals surface area contributed by atoms with E-state index in [0.717, 1.165) is 18.7 Å². The first-order valence-electron chi connectivity index (χ1n) is 7.29. The van der Waals surface area contributed by atoms with Crippen LogP contribution in [0.15, 0.2) is 30.3 Å². The molecule has 1 heterocycles. The maximum absolute atomic E-state index is 10.0. The van der Waals surface area contributed by atoms with Crippen molar-refractivity contribution in [1.29, 1.82) is 0 Å². The monoisotopic (exact) mass is 263 g/mol. The van der Waals surface area contributed by atoms with Gasteiger partial charge in [-0.15, -0.1) is 0 Å². The maximum atomic E-state index is 10.0. The topological polar surface area (TPSA) is 32.7 Å². The van der Waals surface area contributed by atoms with Gasteiger partial charge in [0, 0.05) is 12.6 Å². The lowest BCUT2D eigenvalue weighted by atomic mass is 10.0. The molecule has 1 saturated heterocycles. The van der Waals surface area contributed by atoms with Crippen LogP contribution in [-0.2, 0) is 11.3 Å². The summed E-state index contributed by atoms with van der Waals surface area (Å²) in [4.78, 5) is 2.38. The number of nitrogens with zero attached hydrogens (tertiary/aromatic N) is 1. The van der Waals surface area contributed by atoms with Crippen LogP contribution >= 0.6 is 0 Å². The maximum Gasteiger partial charge on any atom is 0.0900 e. The van der Waals surface area contributed by atoms with Crippen molar-refractivity contribution >= 4 is 0 Å². The van der Waals surface area contributed by atoms with Crippen LogP contribution in [-0.4, -0.2) is 41.8 Å². The minimum Gasteiger partial charge on any atom is -0.389 e. The fraction of sp³-hybridized carbons (Fsp3) is 0.625. The van der Waals surface area contributed by atoms with E-state index in [-0.39, 0.29) is 6.10 Å². The van der Waals surface area contributed by atoms with Gasteiger partial charge in [-0.25, -0.2) is 0 Å². The predicted octanol–water partition coefficient (Wildman–Crippen LogP) is 2.44. The van der Waals surface area contributed by atoms with Gasteiger partial charge in [0.05, 0.1) is 19.3 Å². The van der Waals surface area contributed by atoms with Crippen LogP contribution in [0.2, 0.25) is 0 Å². The summed E-state index contributed by atoms with van der Waals surface area (Å²) in [7, 11) is 0. The van der Waals surface area contributed by atoms with Gasteiger partial charge in [0.2, 0.25) is 0 Å². The molecule has 0 amide bonds. The molecular weight excluding hydrogens is 238 g/mol. The Balaban J connectivity index is 1.65. The molecule has 106 valence electrons. The van der Waals surface area contributed by atoms with Gasteiger partial charge in [0.15, 0.2) is 0 Å². The van der Waals surface area contributed by atoms with E-state index in [1.54, 1.807) is 0 Å². The highest BCUT2D eigenvalue weighted by Crippen LogP contribution is 2.16. The average Bonchev–Trinajstić information content (AvgIpc) is 2.43. The fourth-order valence-corrected chi connectivity index (χ4v) is 2.64. The Hall–Kier alpha value is -0.900. The van der Waals surface area contributed by atoms with E-state index in [2.05, 4.69) is 11.8 Å². The van der Waals surface area contributed by atoms with Gasteiger partial charge in [0.1, 0.15) is 0 Å². The number of hydrogen-bond acceptors (Lipinski definition) is 3. The highest BCUT2D eigenvalue weighted by molar-refractivity contribution is 5.13. The molecular formula is C16H25NO2. The van der Waals surface area contributed by atoms with Crippen molar-refractivity contribution in [3.8, 4) is 0 Å². The Labute approximate surface area is 116 Å². The van der Waals surface area contributed by atoms with Crippen LogP contribution in [0.5, 0.6) is 0 Å². The molecule has 0 radical (unpaired) electrons. The summed E-state index contributed by atoms with van der Waals surface area (Å²) in [6.07, 6.45) is 3.43. The second-order valence-electron chi connectivity index (χ2n) is 5.49. The van der Waals surface area contributed by atoms with Crippen LogP contribution in [0.4, 0.5) is 0 Å². The lowest BCUT2D eigenvalue weighted by Gasteiger charge is -2.34. The smallest absolute Gasteiger partial charge is 0.0900 e. The third-order valence-corrected chi connectivity index (χ3v) is 3.81. The highest BCUT2D eigenvalue weighted by atomic mass is 16.5. The second kappa shape index (κ2) is 7.63. The van der Waals surface area contributed by atoms with Gasteiger partial charge in [0.25, 0.3) is 0 Å². The molecule has 0 aliphatic carbocycles. The molecule has 0 bridgehead atoms. The van der Waals surface area contributed by atoms with Crippen LogP contribution < -0.4 is 0 Å². The van der Waals surface area contributed by atoms with Crippen molar-refractivity contribution in [2.24, 2.45) is 0 Å². The lowest BCUT2D eigenvalue weighted by Crippen LogP contribution is -2.43. The van der Waals surface area contributed by atoms with Crippen LogP contribution in [0.3, 0.4) is 0 Å². The van der Waals surface area contributed by atoms with E-state index in [4.69, 9.17) is 4.74 Å². The normalized spacial score (nSPS) is 22.3. The summed E-state index contributed by atoms with van der Waals surface area (Å²) < 4.78 is 5.58. The predicted molar refractivity (Wildman–Crippen MR) is 77.0 cm³/mol. The SMILES string of the molecule is C[C@@H]1CCCCN1C[C@H](O)COCc1ccccc1. The minimum atomic E-state index is -0.385. The van der Waals surface area contributed by atoms with Crippen molar-refractivity contribution in [2.75, 3.05) is 19.7 Å². The molecule has 3 heteroatoms. The summed E-state index contributed by atoms with van der Waals surface area (Å²) in [6, 6.07) is 10.7. The van der Waals surface area contributed by atoms with Gasteiger partial charge in [-0.1, -0.05) is 36.8 Å². The first kappa shape index (κ1) is 14.5. The van der Waals surface area contributed by atoms with Gasteiger partial charge < -0.3 is 9.84 Å². The Kier molecular flexibility index (Phi) is 5.83.